The van der Waals surface area contributed by atoms with E-state index in [1.165, 1.54) is 27.6 Å². The van der Waals surface area contributed by atoms with E-state index in [0.29, 0.717) is 6.54 Å². The van der Waals surface area contributed by atoms with Crippen LogP contribution in [-0.2, 0) is 17.6 Å². The minimum atomic E-state index is 0.714. The minimum Gasteiger partial charge on any atom is -0.501 e. The molecule has 46 heavy (non-hydrogen) atoms. The van der Waals surface area contributed by atoms with Crippen molar-refractivity contribution < 1.29 is 9.47 Å². The second-order valence-electron chi connectivity index (χ2n) is 11.5. The van der Waals surface area contributed by atoms with Crippen LogP contribution in [0.5, 0.6) is 5.75 Å². The molecule has 3 aromatic carbocycles. The number of aromatic nitrogens is 1. The molecule has 0 bridgehead atoms. The third kappa shape index (κ3) is 6.33. The number of hydrogen-bond donors (Lipinski definition) is 2. The highest BCUT2D eigenvalue weighted by atomic mass is 16.5. The number of fused-ring (bicyclic) bond motifs is 5. The molecule has 0 fully saturated rings. The van der Waals surface area contributed by atoms with Crippen molar-refractivity contribution in [2.45, 2.75) is 19.8 Å². The van der Waals surface area contributed by atoms with Crippen LogP contribution in [-0.4, -0.2) is 25.7 Å². The summed E-state index contributed by atoms with van der Waals surface area (Å²) in [5.74, 6) is 1.70. The topological polar surface area (TPSA) is 46.3 Å². The van der Waals surface area contributed by atoms with Gasteiger partial charge < -0.3 is 19.8 Å². The molecule has 230 valence electrons. The predicted octanol–water partition coefficient (Wildman–Crippen LogP) is 10.3. The number of ether oxygens (including phenoxy) is 2. The Morgan fingerprint density at radius 2 is 1.72 bits per heavy atom. The number of anilines is 1. The normalized spacial score (nSPS) is 16.6. The first kappa shape index (κ1) is 30.5. The first-order valence-corrected chi connectivity index (χ1v) is 15.7. The van der Waals surface area contributed by atoms with Crippen molar-refractivity contribution in [2.75, 3.05) is 26.1 Å². The Morgan fingerprint density at radius 3 is 2.52 bits per heavy atom. The van der Waals surface area contributed by atoms with Gasteiger partial charge in [-0.1, -0.05) is 73.9 Å². The van der Waals surface area contributed by atoms with E-state index in [-0.39, 0.29) is 0 Å². The minimum absolute atomic E-state index is 0.714. The standard InChI is InChI=1S/C42H40N2O2/c1-6-7-8-9-17-35-39-25-33-20-19-32-24-36-28(2)22-30(31-14-11-16-34(23-31)46-5)15-12-21-43-41(36)26-37(32)38(33)27-42(39)44-40(35)18-10-13-29(3)45-4/h6-18,22-27,43-44H,1-2,19-21H2,3-5H3/b8-7+,15-12-,17-9+,18-10-,29-13+,30-22+. The van der Waals surface area contributed by atoms with Crippen LogP contribution < -0.4 is 10.1 Å². The molecule has 0 radical (unpaired) electrons. The Hall–Kier alpha value is -5.48. The van der Waals surface area contributed by atoms with Gasteiger partial charge in [-0.25, -0.2) is 0 Å². The van der Waals surface area contributed by atoms with Gasteiger partial charge in [0, 0.05) is 40.0 Å². The van der Waals surface area contributed by atoms with E-state index in [1.807, 2.05) is 43.4 Å². The lowest BCUT2D eigenvalue weighted by Gasteiger charge is -2.23. The van der Waals surface area contributed by atoms with E-state index >= 15 is 0 Å². The van der Waals surface area contributed by atoms with Crippen LogP contribution in [0.15, 0.2) is 122 Å². The number of rotatable bonds is 8. The molecule has 0 spiro atoms. The van der Waals surface area contributed by atoms with Crippen LogP contribution in [0.3, 0.4) is 0 Å². The highest BCUT2D eigenvalue weighted by Crippen LogP contribution is 2.42. The first-order valence-electron chi connectivity index (χ1n) is 15.7. The van der Waals surface area contributed by atoms with Crippen LogP contribution >= 0.6 is 0 Å². The van der Waals surface area contributed by atoms with Crippen LogP contribution in [0, 0.1) is 0 Å². The maximum atomic E-state index is 5.48. The Balaban J connectivity index is 1.42. The maximum absolute atomic E-state index is 5.48. The average molecular weight is 605 g/mol. The van der Waals surface area contributed by atoms with E-state index in [2.05, 4.69) is 96.3 Å². The fourth-order valence-electron chi connectivity index (χ4n) is 6.17. The second kappa shape index (κ2) is 13.7. The van der Waals surface area contributed by atoms with Gasteiger partial charge in [0.05, 0.1) is 20.0 Å². The lowest BCUT2D eigenvalue weighted by atomic mass is 9.82. The summed E-state index contributed by atoms with van der Waals surface area (Å²) in [4.78, 5) is 3.69. The summed E-state index contributed by atoms with van der Waals surface area (Å²) in [5, 5.41) is 4.89. The SMILES string of the molecule is C=C/C=C/C=C/c1c(/C=C\C=C(/C)OC)[nH]c2cc3c(cc12)CCc1cc2c(cc1-3)NC/C=C\C(c1cccc(OC)c1)=C/C2=C. The number of nitrogens with one attached hydrogen (secondary N) is 2. The molecular weight excluding hydrogens is 564 g/mol. The van der Waals surface area contributed by atoms with Gasteiger partial charge in [0.15, 0.2) is 0 Å². The van der Waals surface area contributed by atoms with Gasteiger partial charge in [0.1, 0.15) is 5.75 Å². The molecule has 1 aliphatic carbocycles. The van der Waals surface area contributed by atoms with Crippen molar-refractivity contribution in [1.82, 2.24) is 4.98 Å². The summed E-state index contributed by atoms with van der Waals surface area (Å²) in [6.45, 7) is 11.0. The summed E-state index contributed by atoms with van der Waals surface area (Å²) in [6.07, 6.45) is 24.5. The number of aryl methyl sites for hydroxylation is 2. The van der Waals surface area contributed by atoms with E-state index < -0.39 is 0 Å². The molecule has 2 heterocycles. The molecule has 6 rings (SSSR count). The molecule has 0 saturated heterocycles. The van der Waals surface area contributed by atoms with Gasteiger partial charge >= 0.3 is 0 Å². The Bertz CT molecular complexity index is 2010. The number of aromatic amines is 1. The van der Waals surface area contributed by atoms with Crippen molar-refractivity contribution in [2.24, 2.45) is 0 Å². The quantitative estimate of drug-likeness (QED) is 0.155. The van der Waals surface area contributed by atoms with Gasteiger partial charge in [0.25, 0.3) is 0 Å². The molecule has 0 saturated carbocycles. The van der Waals surface area contributed by atoms with E-state index in [4.69, 9.17) is 9.47 Å². The molecule has 2 aliphatic rings. The lowest BCUT2D eigenvalue weighted by Crippen LogP contribution is -2.08. The maximum Gasteiger partial charge on any atom is 0.119 e. The zero-order valence-electron chi connectivity index (χ0n) is 26.8. The van der Waals surface area contributed by atoms with Crippen LogP contribution in [0.1, 0.15) is 40.4 Å². The largest absolute Gasteiger partial charge is 0.501 e. The van der Waals surface area contributed by atoms with E-state index in [1.54, 1.807) is 20.3 Å². The van der Waals surface area contributed by atoms with E-state index in [0.717, 1.165) is 69.1 Å². The molecule has 4 nitrogen and oxygen atoms in total. The average Bonchev–Trinajstić information content (AvgIpc) is 3.44. The molecule has 0 amide bonds. The van der Waals surface area contributed by atoms with Crippen molar-refractivity contribution in [3.63, 3.8) is 0 Å². The number of hydrogen-bond acceptors (Lipinski definition) is 3. The van der Waals surface area contributed by atoms with Crippen LogP contribution in [0.4, 0.5) is 5.69 Å². The molecule has 4 heteroatoms. The Kier molecular flexibility index (Phi) is 9.07. The summed E-state index contributed by atoms with van der Waals surface area (Å²) >= 11 is 0. The first-order chi connectivity index (χ1) is 22.5. The fraction of sp³-hybridized carbons (Fsp3) is 0.143. The lowest BCUT2D eigenvalue weighted by molar-refractivity contribution is 0.294. The molecule has 4 aromatic rings. The highest BCUT2D eigenvalue weighted by Gasteiger charge is 2.22. The summed E-state index contributed by atoms with van der Waals surface area (Å²) in [7, 11) is 3.39. The Morgan fingerprint density at radius 1 is 0.891 bits per heavy atom. The number of H-pyrrole nitrogens is 1. The van der Waals surface area contributed by atoms with Crippen molar-refractivity contribution in [3.8, 4) is 16.9 Å². The zero-order chi connectivity index (χ0) is 32.0. The van der Waals surface area contributed by atoms with Crippen LogP contribution in [0.25, 0.3) is 45.3 Å². The summed E-state index contributed by atoms with van der Waals surface area (Å²) in [5.41, 5.74) is 14.0. The van der Waals surface area contributed by atoms with Gasteiger partial charge in [0.2, 0.25) is 0 Å². The number of benzene rings is 3. The fourth-order valence-corrected chi connectivity index (χ4v) is 6.17. The number of methoxy groups -OCH3 is 2. The van der Waals surface area contributed by atoms with Crippen molar-refractivity contribution in [1.29, 1.82) is 0 Å². The van der Waals surface area contributed by atoms with E-state index in [9.17, 15) is 0 Å². The van der Waals surface area contributed by atoms with Gasteiger partial charge in [-0.05, 0) is 113 Å². The summed E-state index contributed by atoms with van der Waals surface area (Å²) in [6, 6.07) is 17.5. The molecule has 1 aromatic heterocycles. The second-order valence-corrected chi connectivity index (χ2v) is 11.5. The third-order valence-electron chi connectivity index (χ3n) is 8.61. The van der Waals surface area contributed by atoms with Gasteiger partial charge in [-0.2, -0.15) is 0 Å². The molecule has 0 atom stereocenters. The van der Waals surface area contributed by atoms with Crippen molar-refractivity contribution in [3.05, 3.63) is 156 Å². The Labute approximate surface area is 272 Å². The zero-order valence-corrected chi connectivity index (χ0v) is 26.8. The molecular formula is C42H40N2O2. The van der Waals surface area contributed by atoms with Crippen LogP contribution in [0.2, 0.25) is 0 Å². The number of allylic oxidation sites excluding steroid dienone is 11. The van der Waals surface area contributed by atoms with Crippen molar-refractivity contribution >= 4 is 39.9 Å². The highest BCUT2D eigenvalue weighted by molar-refractivity contribution is 5.98. The van der Waals surface area contributed by atoms with Gasteiger partial charge in [-0.15, -0.1) is 0 Å². The predicted molar refractivity (Wildman–Crippen MR) is 197 cm³/mol. The third-order valence-corrected chi connectivity index (χ3v) is 8.61. The smallest absolute Gasteiger partial charge is 0.119 e. The van der Waals surface area contributed by atoms with Gasteiger partial charge in [-0.3, -0.25) is 0 Å². The summed E-state index contributed by atoms with van der Waals surface area (Å²) < 4.78 is 10.8. The molecule has 1 aliphatic heterocycles. The molecule has 0 unspecified atom stereocenters. The molecule has 2 N–H and O–H groups in total. The monoisotopic (exact) mass is 604 g/mol.